The molecule has 1 unspecified atom stereocenters. The van der Waals surface area contributed by atoms with Gasteiger partial charge in [0.2, 0.25) is 0 Å². The number of rotatable bonds is 2. The van der Waals surface area contributed by atoms with Crippen molar-refractivity contribution in [2.75, 3.05) is 13.1 Å². The summed E-state index contributed by atoms with van der Waals surface area (Å²) < 4.78 is 7.75. The van der Waals surface area contributed by atoms with Crippen molar-refractivity contribution in [2.45, 2.75) is 25.9 Å². The topological polar surface area (TPSA) is 62.9 Å². The quantitative estimate of drug-likeness (QED) is 0.640. The minimum atomic E-state index is 0.142. The Bertz CT molecular complexity index is 599. The zero-order valence-corrected chi connectivity index (χ0v) is 11.0. The number of nitrogens with one attached hydrogen (secondary N) is 2. The van der Waals surface area contributed by atoms with Crippen LogP contribution in [0.15, 0.2) is 24.3 Å². The SMILES string of the molecule is CC(=N)n1c(OC2CCCNC2)nc2ccccc21. The van der Waals surface area contributed by atoms with Crippen LogP contribution in [0.5, 0.6) is 6.01 Å². The third kappa shape index (κ3) is 2.33. The van der Waals surface area contributed by atoms with Gasteiger partial charge in [0.15, 0.2) is 0 Å². The fourth-order valence-corrected chi connectivity index (χ4v) is 2.48. The average molecular weight is 258 g/mol. The molecule has 0 radical (unpaired) electrons. The first kappa shape index (κ1) is 12.2. The van der Waals surface area contributed by atoms with Crippen LogP contribution in [0.4, 0.5) is 0 Å². The molecular formula is C14H18N4O. The van der Waals surface area contributed by atoms with Gasteiger partial charge >= 0.3 is 6.01 Å². The molecule has 1 saturated heterocycles. The highest BCUT2D eigenvalue weighted by molar-refractivity contribution is 5.92. The maximum Gasteiger partial charge on any atom is 0.303 e. The average Bonchev–Trinajstić information content (AvgIpc) is 2.77. The number of aromatic nitrogens is 2. The van der Waals surface area contributed by atoms with E-state index in [0.717, 1.165) is 37.0 Å². The molecule has 1 aromatic carbocycles. The Morgan fingerprint density at radius 2 is 2.32 bits per heavy atom. The van der Waals surface area contributed by atoms with E-state index in [0.29, 0.717) is 11.8 Å². The van der Waals surface area contributed by atoms with Crippen LogP contribution in [-0.2, 0) is 0 Å². The van der Waals surface area contributed by atoms with Gasteiger partial charge in [-0.1, -0.05) is 12.1 Å². The summed E-state index contributed by atoms with van der Waals surface area (Å²) >= 11 is 0. The van der Waals surface area contributed by atoms with E-state index < -0.39 is 0 Å². The second kappa shape index (κ2) is 5.01. The van der Waals surface area contributed by atoms with Crippen LogP contribution < -0.4 is 10.1 Å². The predicted octanol–water partition coefficient (Wildman–Crippen LogP) is 2.01. The fourth-order valence-electron chi connectivity index (χ4n) is 2.48. The summed E-state index contributed by atoms with van der Waals surface area (Å²) in [4.78, 5) is 4.50. The van der Waals surface area contributed by atoms with Crippen LogP contribution in [0.25, 0.3) is 11.0 Å². The second-order valence-electron chi connectivity index (χ2n) is 4.89. The molecule has 19 heavy (non-hydrogen) atoms. The van der Waals surface area contributed by atoms with Crippen LogP contribution in [0.1, 0.15) is 19.8 Å². The predicted molar refractivity (Wildman–Crippen MR) is 75.1 cm³/mol. The highest BCUT2D eigenvalue weighted by Crippen LogP contribution is 2.22. The first-order valence-electron chi connectivity index (χ1n) is 6.66. The van der Waals surface area contributed by atoms with E-state index in [1.165, 1.54) is 0 Å². The summed E-state index contributed by atoms with van der Waals surface area (Å²) in [5, 5.41) is 11.2. The third-order valence-electron chi connectivity index (χ3n) is 3.39. The van der Waals surface area contributed by atoms with Crippen molar-refractivity contribution >= 4 is 16.9 Å². The molecule has 1 atom stereocenters. The Kier molecular flexibility index (Phi) is 3.21. The lowest BCUT2D eigenvalue weighted by molar-refractivity contribution is 0.152. The van der Waals surface area contributed by atoms with Crippen LogP contribution in [0, 0.1) is 5.41 Å². The Balaban J connectivity index is 1.97. The summed E-state index contributed by atoms with van der Waals surface area (Å²) in [6, 6.07) is 8.34. The van der Waals surface area contributed by atoms with Crippen molar-refractivity contribution in [1.29, 1.82) is 5.41 Å². The lowest BCUT2D eigenvalue weighted by Gasteiger charge is -2.23. The van der Waals surface area contributed by atoms with Gasteiger partial charge in [-0.15, -0.1) is 0 Å². The van der Waals surface area contributed by atoms with E-state index in [4.69, 9.17) is 10.1 Å². The largest absolute Gasteiger partial charge is 0.460 e. The molecule has 2 aromatic rings. The van der Waals surface area contributed by atoms with Gasteiger partial charge in [-0.25, -0.2) is 0 Å². The fraction of sp³-hybridized carbons (Fsp3) is 0.429. The summed E-state index contributed by atoms with van der Waals surface area (Å²) in [6.07, 6.45) is 2.30. The van der Waals surface area contributed by atoms with Crippen molar-refractivity contribution in [3.63, 3.8) is 0 Å². The van der Waals surface area contributed by atoms with E-state index in [9.17, 15) is 0 Å². The van der Waals surface area contributed by atoms with Crippen molar-refractivity contribution in [1.82, 2.24) is 14.9 Å². The zero-order valence-electron chi connectivity index (χ0n) is 11.0. The van der Waals surface area contributed by atoms with Gasteiger partial charge in [0.05, 0.1) is 11.0 Å². The molecule has 1 fully saturated rings. The van der Waals surface area contributed by atoms with E-state index in [-0.39, 0.29) is 6.10 Å². The highest BCUT2D eigenvalue weighted by Gasteiger charge is 2.19. The standard InChI is InChI=1S/C14H18N4O/c1-10(15)18-13-7-3-2-6-12(13)17-14(18)19-11-5-4-8-16-9-11/h2-3,6-7,11,15-16H,4-5,8-9H2,1H3. The number of para-hydroxylation sites is 2. The van der Waals surface area contributed by atoms with Crippen molar-refractivity contribution in [3.05, 3.63) is 24.3 Å². The second-order valence-corrected chi connectivity index (χ2v) is 4.89. The summed E-state index contributed by atoms with van der Waals surface area (Å²) in [5.41, 5.74) is 1.79. The van der Waals surface area contributed by atoms with E-state index in [2.05, 4.69) is 10.3 Å². The number of benzene rings is 1. The van der Waals surface area contributed by atoms with Crippen LogP contribution in [0.2, 0.25) is 0 Å². The Hall–Kier alpha value is -1.88. The summed E-state index contributed by atoms with van der Waals surface area (Å²) in [5.74, 6) is 0.424. The van der Waals surface area contributed by atoms with Crippen molar-refractivity contribution in [2.24, 2.45) is 0 Å². The number of hydrogen-bond donors (Lipinski definition) is 2. The number of ether oxygens (including phenoxy) is 1. The zero-order chi connectivity index (χ0) is 13.2. The molecule has 100 valence electrons. The first-order valence-corrected chi connectivity index (χ1v) is 6.66. The minimum absolute atomic E-state index is 0.142. The molecular weight excluding hydrogens is 240 g/mol. The third-order valence-corrected chi connectivity index (χ3v) is 3.39. The normalized spacial score (nSPS) is 19.5. The monoisotopic (exact) mass is 258 g/mol. The Labute approximate surface area is 112 Å². The molecule has 0 saturated carbocycles. The molecule has 5 heteroatoms. The van der Waals surface area contributed by atoms with Crippen LogP contribution in [-0.4, -0.2) is 34.6 Å². The van der Waals surface area contributed by atoms with Crippen LogP contribution in [0.3, 0.4) is 0 Å². The molecule has 1 aromatic heterocycles. The van der Waals surface area contributed by atoms with Gasteiger partial charge < -0.3 is 10.1 Å². The summed E-state index contributed by atoms with van der Waals surface area (Å²) in [7, 11) is 0. The number of piperidine rings is 1. The molecule has 1 aliphatic rings. The molecule has 0 amide bonds. The molecule has 2 heterocycles. The van der Waals surface area contributed by atoms with Gasteiger partial charge in [-0.05, 0) is 38.4 Å². The van der Waals surface area contributed by atoms with Gasteiger partial charge in [-0.3, -0.25) is 9.98 Å². The summed E-state index contributed by atoms with van der Waals surface area (Å²) in [6.45, 7) is 3.65. The molecule has 3 rings (SSSR count). The molecule has 2 N–H and O–H groups in total. The van der Waals surface area contributed by atoms with Crippen molar-refractivity contribution < 1.29 is 4.74 Å². The number of hydrogen-bond acceptors (Lipinski definition) is 4. The lowest BCUT2D eigenvalue weighted by Crippen LogP contribution is -2.37. The maximum absolute atomic E-state index is 7.92. The number of nitrogens with zero attached hydrogens (tertiary/aromatic N) is 2. The van der Waals surface area contributed by atoms with E-state index in [1.54, 1.807) is 11.5 Å². The Morgan fingerprint density at radius 1 is 1.47 bits per heavy atom. The number of imidazole rings is 1. The van der Waals surface area contributed by atoms with Gasteiger partial charge in [0, 0.05) is 6.54 Å². The lowest BCUT2D eigenvalue weighted by atomic mass is 10.1. The minimum Gasteiger partial charge on any atom is -0.460 e. The maximum atomic E-state index is 7.92. The van der Waals surface area contributed by atoms with Crippen LogP contribution >= 0.6 is 0 Å². The molecule has 0 aliphatic carbocycles. The van der Waals surface area contributed by atoms with E-state index >= 15 is 0 Å². The van der Waals surface area contributed by atoms with Crippen molar-refractivity contribution in [3.8, 4) is 6.01 Å². The molecule has 1 aliphatic heterocycles. The smallest absolute Gasteiger partial charge is 0.303 e. The Morgan fingerprint density at radius 3 is 3.05 bits per heavy atom. The van der Waals surface area contributed by atoms with E-state index in [1.807, 2.05) is 24.3 Å². The van der Waals surface area contributed by atoms with Gasteiger partial charge in [-0.2, -0.15) is 4.98 Å². The first-order chi connectivity index (χ1) is 9.25. The molecule has 5 nitrogen and oxygen atoms in total. The highest BCUT2D eigenvalue weighted by atomic mass is 16.5. The molecule has 0 spiro atoms. The number of fused-ring (bicyclic) bond motifs is 1. The van der Waals surface area contributed by atoms with Gasteiger partial charge in [0.1, 0.15) is 11.9 Å². The molecule has 0 bridgehead atoms. The van der Waals surface area contributed by atoms with Gasteiger partial charge in [0.25, 0.3) is 0 Å².